The highest BCUT2D eigenvalue weighted by Crippen LogP contribution is 2.39. The van der Waals surface area contributed by atoms with Crippen molar-refractivity contribution in [3.05, 3.63) is 28.7 Å². The predicted octanol–water partition coefficient (Wildman–Crippen LogP) is 4.88. The molecule has 0 bridgehead atoms. The van der Waals surface area contributed by atoms with E-state index in [2.05, 4.69) is 52.4 Å². The zero-order valence-corrected chi connectivity index (χ0v) is 11.1. The first-order valence-electron chi connectivity index (χ1n) is 5.24. The van der Waals surface area contributed by atoms with Crippen LogP contribution in [0.2, 0.25) is 0 Å². The first-order valence-corrected chi connectivity index (χ1v) is 6.84. The number of nitrogens with one attached hydrogen (secondary N) is 1. The molecule has 0 saturated heterocycles. The van der Waals surface area contributed by atoms with Crippen molar-refractivity contribution in [3.63, 3.8) is 0 Å². The summed E-state index contributed by atoms with van der Waals surface area (Å²) in [5.41, 5.74) is 0. The number of hydrogen-bond donors (Lipinski definition) is 1. The highest BCUT2D eigenvalue weighted by molar-refractivity contribution is 9.10. The van der Waals surface area contributed by atoms with Crippen molar-refractivity contribution >= 4 is 42.4 Å². The van der Waals surface area contributed by atoms with E-state index in [0.717, 1.165) is 6.54 Å². The van der Waals surface area contributed by atoms with E-state index in [1.165, 1.54) is 32.4 Å². The van der Waals surface area contributed by atoms with Gasteiger partial charge in [-0.05, 0) is 28.4 Å². The summed E-state index contributed by atoms with van der Waals surface area (Å²) in [4.78, 5) is 0. The Hall–Kier alpha value is -0.540. The molecule has 0 amide bonds. The van der Waals surface area contributed by atoms with Gasteiger partial charge >= 0.3 is 0 Å². The fraction of sp³-hybridized carbons (Fsp3) is 0.333. The maximum absolute atomic E-state index is 3.65. The van der Waals surface area contributed by atoms with Gasteiger partial charge in [-0.15, -0.1) is 11.3 Å². The third-order valence-corrected chi connectivity index (χ3v) is 4.57. The third-order valence-electron chi connectivity index (χ3n) is 2.35. The van der Waals surface area contributed by atoms with Gasteiger partial charge in [-0.25, -0.2) is 0 Å². The van der Waals surface area contributed by atoms with Gasteiger partial charge in [-0.3, -0.25) is 0 Å². The van der Waals surface area contributed by atoms with Gasteiger partial charge in [-0.1, -0.05) is 31.5 Å². The zero-order chi connectivity index (χ0) is 10.7. The number of thiophene rings is 1. The standard InChI is InChI=1S/C12H14BrNS/c1-2-3-8-14-12-11(13)9-6-4-5-7-10(9)15-12/h4-7,14H,2-3,8H2,1H3. The molecule has 80 valence electrons. The lowest BCUT2D eigenvalue weighted by Gasteiger charge is -2.01. The molecule has 0 atom stereocenters. The Balaban J connectivity index is 2.24. The van der Waals surface area contributed by atoms with Crippen molar-refractivity contribution in [1.82, 2.24) is 0 Å². The molecular formula is C12H14BrNS. The summed E-state index contributed by atoms with van der Waals surface area (Å²) >= 11 is 5.47. The predicted molar refractivity (Wildman–Crippen MR) is 72.9 cm³/mol. The Morgan fingerprint density at radius 2 is 2.13 bits per heavy atom. The van der Waals surface area contributed by atoms with Crippen molar-refractivity contribution < 1.29 is 0 Å². The second-order valence-corrected chi connectivity index (χ2v) is 5.37. The maximum Gasteiger partial charge on any atom is 0.104 e. The largest absolute Gasteiger partial charge is 0.376 e. The molecule has 2 rings (SSSR count). The molecule has 3 heteroatoms. The molecule has 1 nitrogen and oxygen atoms in total. The minimum absolute atomic E-state index is 1.06. The number of fused-ring (bicyclic) bond motifs is 1. The Morgan fingerprint density at radius 1 is 1.33 bits per heavy atom. The van der Waals surface area contributed by atoms with E-state index in [-0.39, 0.29) is 0 Å². The lowest BCUT2D eigenvalue weighted by atomic mass is 10.3. The topological polar surface area (TPSA) is 12.0 Å². The van der Waals surface area contributed by atoms with Crippen LogP contribution in [0.5, 0.6) is 0 Å². The van der Waals surface area contributed by atoms with E-state index in [1.807, 2.05) is 11.3 Å². The number of rotatable bonds is 4. The second kappa shape index (κ2) is 4.99. The van der Waals surface area contributed by atoms with Crippen molar-refractivity contribution in [3.8, 4) is 0 Å². The summed E-state index contributed by atoms with van der Waals surface area (Å²) in [5.74, 6) is 0. The van der Waals surface area contributed by atoms with Gasteiger partial charge in [0, 0.05) is 16.6 Å². The fourth-order valence-corrected chi connectivity index (χ4v) is 3.39. The average molecular weight is 284 g/mol. The first kappa shape index (κ1) is 11.0. The van der Waals surface area contributed by atoms with E-state index in [9.17, 15) is 0 Å². The average Bonchev–Trinajstić information content (AvgIpc) is 2.57. The summed E-state index contributed by atoms with van der Waals surface area (Å²) in [6.45, 7) is 3.27. The van der Waals surface area contributed by atoms with Crippen molar-refractivity contribution in [2.24, 2.45) is 0 Å². The molecule has 1 N–H and O–H groups in total. The van der Waals surface area contributed by atoms with Crippen LogP contribution in [-0.2, 0) is 0 Å². The van der Waals surface area contributed by atoms with Gasteiger partial charge in [0.25, 0.3) is 0 Å². The lowest BCUT2D eigenvalue weighted by molar-refractivity contribution is 0.835. The molecule has 0 aliphatic heterocycles. The molecule has 0 radical (unpaired) electrons. The Kier molecular flexibility index (Phi) is 3.65. The molecule has 0 spiro atoms. The minimum atomic E-state index is 1.06. The second-order valence-electron chi connectivity index (χ2n) is 3.52. The van der Waals surface area contributed by atoms with Crippen LogP contribution < -0.4 is 5.32 Å². The molecule has 0 unspecified atom stereocenters. The Labute approximate surface area is 103 Å². The maximum atomic E-state index is 3.65. The monoisotopic (exact) mass is 283 g/mol. The molecule has 0 fully saturated rings. The Bertz CT molecular complexity index is 450. The molecule has 1 aromatic heterocycles. The summed E-state index contributed by atoms with van der Waals surface area (Å²) in [6, 6.07) is 8.48. The lowest BCUT2D eigenvalue weighted by Crippen LogP contribution is -1.98. The van der Waals surface area contributed by atoms with Crippen LogP contribution >= 0.6 is 27.3 Å². The summed E-state index contributed by atoms with van der Waals surface area (Å²) < 4.78 is 2.54. The molecule has 0 saturated carbocycles. The number of hydrogen-bond acceptors (Lipinski definition) is 2. The first-order chi connectivity index (χ1) is 7.33. The van der Waals surface area contributed by atoms with Crippen molar-refractivity contribution in [2.75, 3.05) is 11.9 Å². The van der Waals surface area contributed by atoms with Crippen LogP contribution in [0.25, 0.3) is 10.1 Å². The summed E-state index contributed by atoms with van der Waals surface area (Å²) in [6.07, 6.45) is 2.45. The molecule has 1 aromatic carbocycles. The smallest absolute Gasteiger partial charge is 0.104 e. The molecule has 15 heavy (non-hydrogen) atoms. The number of anilines is 1. The number of halogens is 1. The molecular weight excluding hydrogens is 270 g/mol. The van der Waals surface area contributed by atoms with Crippen LogP contribution in [0.1, 0.15) is 19.8 Å². The van der Waals surface area contributed by atoms with Crippen molar-refractivity contribution in [2.45, 2.75) is 19.8 Å². The summed E-state index contributed by atoms with van der Waals surface area (Å²) in [7, 11) is 0. The molecule has 2 aromatic rings. The van der Waals surface area contributed by atoms with Crippen LogP contribution in [-0.4, -0.2) is 6.54 Å². The van der Waals surface area contributed by atoms with Crippen LogP contribution in [0.3, 0.4) is 0 Å². The van der Waals surface area contributed by atoms with Gasteiger partial charge in [-0.2, -0.15) is 0 Å². The minimum Gasteiger partial charge on any atom is -0.376 e. The van der Waals surface area contributed by atoms with E-state index in [0.29, 0.717) is 0 Å². The van der Waals surface area contributed by atoms with Crippen molar-refractivity contribution in [1.29, 1.82) is 0 Å². The van der Waals surface area contributed by atoms with Crippen LogP contribution in [0.15, 0.2) is 28.7 Å². The van der Waals surface area contributed by atoms with Crippen LogP contribution in [0.4, 0.5) is 5.00 Å². The van der Waals surface area contributed by atoms with E-state index in [1.54, 1.807) is 0 Å². The van der Waals surface area contributed by atoms with Crippen LogP contribution in [0, 0.1) is 0 Å². The third kappa shape index (κ3) is 2.34. The van der Waals surface area contributed by atoms with E-state index >= 15 is 0 Å². The van der Waals surface area contributed by atoms with Gasteiger partial charge in [0.15, 0.2) is 0 Å². The molecule has 0 aliphatic carbocycles. The zero-order valence-electron chi connectivity index (χ0n) is 8.72. The normalized spacial score (nSPS) is 10.8. The fourth-order valence-electron chi connectivity index (χ4n) is 1.51. The molecule has 1 heterocycles. The Morgan fingerprint density at radius 3 is 2.87 bits per heavy atom. The van der Waals surface area contributed by atoms with Gasteiger partial charge in [0.05, 0.1) is 4.47 Å². The van der Waals surface area contributed by atoms with Gasteiger partial charge in [0.2, 0.25) is 0 Å². The van der Waals surface area contributed by atoms with Gasteiger partial charge in [0.1, 0.15) is 5.00 Å². The van der Waals surface area contributed by atoms with E-state index < -0.39 is 0 Å². The number of unbranched alkanes of at least 4 members (excludes halogenated alkanes) is 1. The summed E-state index contributed by atoms with van der Waals surface area (Å²) in [5, 5.41) is 6.04. The van der Waals surface area contributed by atoms with Gasteiger partial charge < -0.3 is 5.32 Å². The highest BCUT2D eigenvalue weighted by atomic mass is 79.9. The number of benzene rings is 1. The quantitative estimate of drug-likeness (QED) is 0.789. The van der Waals surface area contributed by atoms with E-state index in [4.69, 9.17) is 0 Å². The SMILES string of the molecule is CCCCNc1sc2ccccc2c1Br. The highest BCUT2D eigenvalue weighted by Gasteiger charge is 2.07. The molecule has 0 aliphatic rings.